The molecule has 1 unspecified atom stereocenters. The molecule has 0 bridgehead atoms. The van der Waals surface area contributed by atoms with Gasteiger partial charge in [0.25, 0.3) is 5.91 Å². The second kappa shape index (κ2) is 11.6. The molecule has 0 saturated heterocycles. The molecule has 0 fully saturated rings. The number of halogens is 1. The van der Waals surface area contributed by atoms with Gasteiger partial charge in [-0.25, -0.2) is 0 Å². The van der Waals surface area contributed by atoms with Gasteiger partial charge in [-0.1, -0.05) is 55.8 Å². The van der Waals surface area contributed by atoms with Crippen LogP contribution in [0.3, 0.4) is 0 Å². The van der Waals surface area contributed by atoms with Gasteiger partial charge in [0, 0.05) is 18.1 Å². The van der Waals surface area contributed by atoms with Gasteiger partial charge in [-0.05, 0) is 55.5 Å². The highest BCUT2D eigenvalue weighted by atomic mass is 35.5. The molecule has 2 aromatic rings. The Labute approximate surface area is 184 Å². The van der Waals surface area contributed by atoms with Gasteiger partial charge >= 0.3 is 0 Å². The summed E-state index contributed by atoms with van der Waals surface area (Å²) in [5.41, 5.74) is 1.99. The van der Waals surface area contributed by atoms with E-state index in [-0.39, 0.29) is 18.4 Å². The molecule has 0 radical (unpaired) electrons. The largest absolute Gasteiger partial charge is 0.484 e. The zero-order chi connectivity index (χ0) is 22.1. The number of ether oxygens (including phenoxy) is 1. The zero-order valence-corrected chi connectivity index (χ0v) is 18.9. The Balaban J connectivity index is 2.06. The van der Waals surface area contributed by atoms with Crippen LogP contribution in [0.25, 0.3) is 0 Å². The Morgan fingerprint density at radius 3 is 2.43 bits per heavy atom. The summed E-state index contributed by atoms with van der Waals surface area (Å²) in [5, 5.41) is 3.56. The standard InChI is InChI=1S/C24H31ClN2O3/c1-17(2)15-26-24(29)19(4)27(13-12-20-8-6-5-7-9-20)23(28)16-30-21-10-11-22(25)18(3)14-21/h5-11,14,17,19H,12-13,15-16H2,1-4H3,(H,26,29). The van der Waals surface area contributed by atoms with Crippen LogP contribution in [0.1, 0.15) is 31.9 Å². The average molecular weight is 431 g/mol. The minimum Gasteiger partial charge on any atom is -0.484 e. The molecule has 6 heteroatoms. The Bertz CT molecular complexity index is 840. The van der Waals surface area contributed by atoms with Crippen molar-refractivity contribution in [1.82, 2.24) is 10.2 Å². The third-order valence-electron chi connectivity index (χ3n) is 4.83. The molecule has 2 amide bonds. The van der Waals surface area contributed by atoms with Crippen LogP contribution in [0.15, 0.2) is 48.5 Å². The molecule has 1 N–H and O–H groups in total. The van der Waals surface area contributed by atoms with Crippen molar-refractivity contribution in [2.24, 2.45) is 5.92 Å². The molecule has 1 atom stereocenters. The fourth-order valence-electron chi connectivity index (χ4n) is 2.96. The fraction of sp³-hybridized carbons (Fsp3) is 0.417. The lowest BCUT2D eigenvalue weighted by molar-refractivity contribution is -0.141. The summed E-state index contributed by atoms with van der Waals surface area (Å²) < 4.78 is 5.68. The number of amides is 2. The summed E-state index contributed by atoms with van der Waals surface area (Å²) in [6.45, 7) is 8.57. The molecule has 30 heavy (non-hydrogen) atoms. The van der Waals surface area contributed by atoms with Crippen LogP contribution in [-0.4, -0.2) is 42.5 Å². The predicted molar refractivity (Wildman–Crippen MR) is 121 cm³/mol. The van der Waals surface area contributed by atoms with Gasteiger partial charge in [-0.3, -0.25) is 9.59 Å². The number of rotatable bonds is 10. The highest BCUT2D eigenvalue weighted by Crippen LogP contribution is 2.21. The van der Waals surface area contributed by atoms with Crippen LogP contribution in [0.2, 0.25) is 5.02 Å². The highest BCUT2D eigenvalue weighted by Gasteiger charge is 2.26. The van der Waals surface area contributed by atoms with E-state index in [2.05, 4.69) is 5.32 Å². The number of nitrogens with one attached hydrogen (secondary N) is 1. The van der Waals surface area contributed by atoms with E-state index in [1.807, 2.05) is 51.1 Å². The first kappa shape index (κ1) is 23.7. The molecule has 0 spiro atoms. The van der Waals surface area contributed by atoms with Crippen LogP contribution in [0, 0.1) is 12.8 Å². The zero-order valence-electron chi connectivity index (χ0n) is 18.2. The van der Waals surface area contributed by atoms with Gasteiger partial charge < -0.3 is 15.0 Å². The first-order valence-corrected chi connectivity index (χ1v) is 10.7. The van der Waals surface area contributed by atoms with Crippen molar-refractivity contribution in [1.29, 1.82) is 0 Å². The SMILES string of the molecule is Cc1cc(OCC(=O)N(CCc2ccccc2)C(C)C(=O)NCC(C)C)ccc1Cl. The van der Waals surface area contributed by atoms with E-state index in [0.29, 0.717) is 36.2 Å². The molecule has 5 nitrogen and oxygen atoms in total. The van der Waals surface area contributed by atoms with Crippen molar-refractivity contribution in [3.63, 3.8) is 0 Å². The highest BCUT2D eigenvalue weighted by molar-refractivity contribution is 6.31. The number of benzene rings is 2. The Hall–Kier alpha value is -2.53. The van der Waals surface area contributed by atoms with Crippen LogP contribution >= 0.6 is 11.6 Å². The van der Waals surface area contributed by atoms with E-state index in [9.17, 15) is 9.59 Å². The number of carbonyl (C=O) groups excluding carboxylic acids is 2. The summed E-state index contributed by atoms with van der Waals surface area (Å²) >= 11 is 6.05. The van der Waals surface area contributed by atoms with E-state index in [0.717, 1.165) is 11.1 Å². The number of carbonyl (C=O) groups is 2. The molecular formula is C24H31ClN2O3. The molecule has 0 heterocycles. The monoisotopic (exact) mass is 430 g/mol. The molecule has 0 aliphatic heterocycles. The number of aryl methyl sites for hydroxylation is 1. The average Bonchev–Trinajstić information content (AvgIpc) is 2.73. The second-order valence-electron chi connectivity index (χ2n) is 7.84. The van der Waals surface area contributed by atoms with Gasteiger partial charge in [-0.15, -0.1) is 0 Å². The smallest absolute Gasteiger partial charge is 0.261 e. The van der Waals surface area contributed by atoms with Gasteiger partial charge in [0.15, 0.2) is 6.61 Å². The van der Waals surface area contributed by atoms with Crippen LogP contribution in [0.4, 0.5) is 0 Å². The van der Waals surface area contributed by atoms with Crippen LogP contribution in [-0.2, 0) is 16.0 Å². The lowest BCUT2D eigenvalue weighted by Crippen LogP contribution is -2.50. The second-order valence-corrected chi connectivity index (χ2v) is 8.24. The Morgan fingerprint density at radius 1 is 1.10 bits per heavy atom. The Kier molecular flexibility index (Phi) is 9.18. The van der Waals surface area contributed by atoms with Crippen molar-refractivity contribution in [2.45, 2.75) is 40.2 Å². The van der Waals surface area contributed by atoms with E-state index >= 15 is 0 Å². The van der Waals surface area contributed by atoms with Crippen molar-refractivity contribution in [3.8, 4) is 5.75 Å². The number of nitrogens with zero attached hydrogens (tertiary/aromatic N) is 1. The first-order chi connectivity index (χ1) is 14.3. The minimum absolute atomic E-state index is 0.141. The van der Waals surface area contributed by atoms with Crippen LogP contribution < -0.4 is 10.1 Å². The van der Waals surface area contributed by atoms with E-state index < -0.39 is 6.04 Å². The molecule has 0 aromatic heterocycles. The van der Waals surface area contributed by atoms with Gasteiger partial charge in [0.2, 0.25) is 5.91 Å². The summed E-state index contributed by atoms with van der Waals surface area (Å²) in [4.78, 5) is 27.2. The summed E-state index contributed by atoms with van der Waals surface area (Å²) in [6.07, 6.45) is 0.661. The van der Waals surface area contributed by atoms with E-state index in [4.69, 9.17) is 16.3 Å². The molecule has 0 aliphatic carbocycles. The van der Waals surface area contributed by atoms with Crippen molar-refractivity contribution >= 4 is 23.4 Å². The quantitative estimate of drug-likeness (QED) is 0.612. The normalized spacial score (nSPS) is 11.8. The van der Waals surface area contributed by atoms with E-state index in [1.165, 1.54) is 0 Å². The first-order valence-electron chi connectivity index (χ1n) is 10.3. The lowest BCUT2D eigenvalue weighted by atomic mass is 10.1. The van der Waals surface area contributed by atoms with E-state index in [1.54, 1.807) is 30.0 Å². The van der Waals surface area contributed by atoms with Crippen molar-refractivity contribution < 1.29 is 14.3 Å². The molecular weight excluding hydrogens is 400 g/mol. The predicted octanol–water partition coefficient (Wildman–Crippen LogP) is 4.26. The van der Waals surface area contributed by atoms with Gasteiger partial charge in [0.1, 0.15) is 11.8 Å². The van der Waals surface area contributed by atoms with Crippen LogP contribution in [0.5, 0.6) is 5.75 Å². The maximum atomic E-state index is 13.0. The maximum absolute atomic E-state index is 13.0. The molecule has 0 aliphatic rings. The molecule has 162 valence electrons. The molecule has 0 saturated carbocycles. The fourth-order valence-corrected chi connectivity index (χ4v) is 3.08. The summed E-state index contributed by atoms with van der Waals surface area (Å²) in [6, 6.07) is 14.6. The van der Waals surface area contributed by atoms with Crippen molar-refractivity contribution in [3.05, 3.63) is 64.7 Å². The molecule has 2 aromatic carbocycles. The third kappa shape index (κ3) is 7.38. The summed E-state index contributed by atoms with van der Waals surface area (Å²) in [7, 11) is 0. The topological polar surface area (TPSA) is 58.6 Å². The van der Waals surface area contributed by atoms with Gasteiger partial charge in [-0.2, -0.15) is 0 Å². The molecule has 2 rings (SSSR count). The number of hydrogen-bond acceptors (Lipinski definition) is 3. The number of hydrogen-bond donors (Lipinski definition) is 1. The summed E-state index contributed by atoms with van der Waals surface area (Å²) in [5.74, 6) is 0.523. The maximum Gasteiger partial charge on any atom is 0.261 e. The van der Waals surface area contributed by atoms with Crippen molar-refractivity contribution in [2.75, 3.05) is 19.7 Å². The minimum atomic E-state index is -0.587. The van der Waals surface area contributed by atoms with Gasteiger partial charge in [0.05, 0.1) is 0 Å². The lowest BCUT2D eigenvalue weighted by Gasteiger charge is -2.29. The Morgan fingerprint density at radius 2 is 1.80 bits per heavy atom. The third-order valence-corrected chi connectivity index (χ3v) is 5.25.